The van der Waals surface area contributed by atoms with E-state index in [1.807, 2.05) is 6.92 Å². The van der Waals surface area contributed by atoms with Gasteiger partial charge in [-0.2, -0.15) is 0 Å². The van der Waals surface area contributed by atoms with Gasteiger partial charge in [-0.3, -0.25) is 4.79 Å². The Bertz CT molecular complexity index is 1100. The van der Waals surface area contributed by atoms with Gasteiger partial charge in [0, 0.05) is 17.5 Å². The first kappa shape index (κ1) is 20.1. The number of fused-ring (bicyclic) bond motifs is 1. The van der Waals surface area contributed by atoms with Gasteiger partial charge in [-0.1, -0.05) is 6.58 Å². The third kappa shape index (κ3) is 4.62. The van der Waals surface area contributed by atoms with Crippen molar-refractivity contribution in [2.24, 2.45) is 0 Å². The number of amides is 1. The van der Waals surface area contributed by atoms with E-state index in [0.717, 1.165) is 5.57 Å². The summed E-state index contributed by atoms with van der Waals surface area (Å²) >= 11 is 0. The van der Waals surface area contributed by atoms with Crippen molar-refractivity contribution in [3.63, 3.8) is 0 Å². The lowest BCUT2D eigenvalue weighted by atomic mass is 10.0. The van der Waals surface area contributed by atoms with Gasteiger partial charge in [0.1, 0.15) is 17.9 Å². The number of hydrogen-bond donors (Lipinski definition) is 1. The van der Waals surface area contributed by atoms with Gasteiger partial charge in [-0.05, 0) is 43.5 Å². The van der Waals surface area contributed by atoms with E-state index in [1.165, 1.54) is 0 Å². The molecule has 150 valence electrons. The first-order chi connectivity index (χ1) is 13.1. The van der Waals surface area contributed by atoms with E-state index in [2.05, 4.69) is 11.9 Å². The van der Waals surface area contributed by atoms with Crippen LogP contribution in [0.2, 0.25) is 0 Å². The SMILES string of the molecule is C=C(C)COc1ccc2c(C)c(CC(=O)N[C@H]3CCS(=O)(=O)C3)c(=O)oc2c1. The third-order valence-corrected chi connectivity index (χ3v) is 6.45. The average Bonchev–Trinajstić information content (AvgIpc) is 2.94. The quantitative estimate of drug-likeness (QED) is 0.582. The molecule has 0 spiro atoms. The lowest BCUT2D eigenvalue weighted by molar-refractivity contribution is -0.121. The van der Waals surface area contributed by atoms with Gasteiger partial charge in [0.05, 0.1) is 23.5 Å². The summed E-state index contributed by atoms with van der Waals surface area (Å²) in [7, 11) is -3.09. The number of carbonyl (C=O) groups excluding carboxylic acids is 1. The summed E-state index contributed by atoms with van der Waals surface area (Å²) in [6.45, 7) is 7.75. The Kier molecular flexibility index (Phi) is 5.60. The van der Waals surface area contributed by atoms with Crippen LogP contribution in [0.5, 0.6) is 5.75 Å². The van der Waals surface area contributed by atoms with E-state index >= 15 is 0 Å². The molecule has 1 saturated heterocycles. The summed E-state index contributed by atoms with van der Waals surface area (Å²) in [6, 6.07) is 4.79. The Morgan fingerprint density at radius 3 is 2.79 bits per heavy atom. The zero-order chi connectivity index (χ0) is 20.5. The van der Waals surface area contributed by atoms with Crippen molar-refractivity contribution >= 4 is 26.7 Å². The number of benzene rings is 1. The van der Waals surface area contributed by atoms with E-state index in [4.69, 9.17) is 9.15 Å². The summed E-state index contributed by atoms with van der Waals surface area (Å²) in [5.41, 5.74) is 1.59. The van der Waals surface area contributed by atoms with E-state index in [1.54, 1.807) is 25.1 Å². The number of nitrogens with one attached hydrogen (secondary N) is 1. The number of carbonyl (C=O) groups is 1. The summed E-state index contributed by atoms with van der Waals surface area (Å²) in [6.07, 6.45) is 0.237. The van der Waals surface area contributed by atoms with E-state index in [-0.39, 0.29) is 23.5 Å². The molecule has 2 heterocycles. The van der Waals surface area contributed by atoms with Gasteiger partial charge in [0.2, 0.25) is 5.91 Å². The maximum Gasteiger partial charge on any atom is 0.340 e. The van der Waals surface area contributed by atoms with E-state index in [0.29, 0.717) is 35.3 Å². The van der Waals surface area contributed by atoms with Gasteiger partial charge in [-0.15, -0.1) is 0 Å². The van der Waals surface area contributed by atoms with Crippen molar-refractivity contribution in [3.05, 3.63) is 51.9 Å². The van der Waals surface area contributed by atoms with Crippen LogP contribution in [-0.2, 0) is 21.1 Å². The largest absolute Gasteiger partial charge is 0.489 e. The highest BCUT2D eigenvalue weighted by Gasteiger charge is 2.29. The van der Waals surface area contributed by atoms with Crippen LogP contribution in [-0.4, -0.2) is 38.5 Å². The molecule has 0 aliphatic carbocycles. The fraction of sp³-hybridized carbons (Fsp3) is 0.400. The molecule has 1 aromatic heterocycles. The number of rotatable bonds is 6. The maximum atomic E-state index is 12.4. The first-order valence-corrected chi connectivity index (χ1v) is 10.8. The Balaban J connectivity index is 1.80. The molecule has 1 aliphatic rings. The zero-order valence-corrected chi connectivity index (χ0v) is 16.7. The topological polar surface area (TPSA) is 103 Å². The van der Waals surface area contributed by atoms with Crippen LogP contribution in [0, 0.1) is 6.92 Å². The van der Waals surface area contributed by atoms with E-state index in [9.17, 15) is 18.0 Å². The molecule has 1 atom stereocenters. The van der Waals surface area contributed by atoms with E-state index < -0.39 is 27.4 Å². The molecule has 1 aromatic carbocycles. The molecule has 3 rings (SSSR count). The summed E-state index contributed by atoms with van der Waals surface area (Å²) in [4.78, 5) is 24.7. The molecule has 7 nitrogen and oxygen atoms in total. The highest BCUT2D eigenvalue weighted by atomic mass is 32.2. The van der Waals surface area contributed by atoms with Crippen molar-refractivity contribution in [1.82, 2.24) is 5.32 Å². The van der Waals surface area contributed by atoms with Crippen LogP contribution in [0.3, 0.4) is 0 Å². The predicted octanol–water partition coefficient (Wildman–Crippen LogP) is 1.90. The first-order valence-electron chi connectivity index (χ1n) is 8.98. The second-order valence-electron chi connectivity index (χ2n) is 7.24. The Hall–Kier alpha value is -2.61. The van der Waals surface area contributed by atoms with Crippen LogP contribution in [0.25, 0.3) is 11.0 Å². The summed E-state index contributed by atoms with van der Waals surface area (Å²) in [5.74, 6) is 0.186. The lowest BCUT2D eigenvalue weighted by Gasteiger charge is -2.12. The average molecular weight is 405 g/mol. The Morgan fingerprint density at radius 2 is 2.14 bits per heavy atom. The second kappa shape index (κ2) is 7.79. The molecule has 1 aliphatic heterocycles. The minimum absolute atomic E-state index is 0.0585. The fourth-order valence-electron chi connectivity index (χ4n) is 3.22. The molecule has 0 unspecified atom stereocenters. The van der Waals surface area contributed by atoms with Crippen molar-refractivity contribution in [1.29, 1.82) is 0 Å². The molecule has 1 N–H and O–H groups in total. The van der Waals surface area contributed by atoms with Crippen molar-refractivity contribution in [2.75, 3.05) is 18.1 Å². The molecule has 0 radical (unpaired) electrons. The lowest BCUT2D eigenvalue weighted by Crippen LogP contribution is -2.37. The van der Waals surface area contributed by atoms with Gasteiger partial charge in [0.15, 0.2) is 9.84 Å². The number of hydrogen-bond acceptors (Lipinski definition) is 6. The van der Waals surface area contributed by atoms with Crippen LogP contribution in [0.15, 0.2) is 39.6 Å². The highest BCUT2D eigenvalue weighted by Crippen LogP contribution is 2.24. The molecule has 0 bridgehead atoms. The zero-order valence-electron chi connectivity index (χ0n) is 15.9. The molecular formula is C20H23NO6S. The van der Waals surface area contributed by atoms with Crippen molar-refractivity contribution in [3.8, 4) is 5.75 Å². The van der Waals surface area contributed by atoms with Gasteiger partial charge in [-0.25, -0.2) is 13.2 Å². The minimum atomic E-state index is -3.09. The Labute approximate surface area is 163 Å². The van der Waals surface area contributed by atoms with Crippen LogP contribution >= 0.6 is 0 Å². The van der Waals surface area contributed by atoms with Gasteiger partial charge in [0.25, 0.3) is 0 Å². The second-order valence-corrected chi connectivity index (χ2v) is 9.47. The standard InChI is InChI=1S/C20H23NO6S/c1-12(2)10-26-15-4-5-16-13(3)17(20(23)27-18(16)8-15)9-19(22)21-14-6-7-28(24,25)11-14/h4-5,8,14H,1,6-7,9-11H2,2-3H3,(H,21,22)/t14-/m0/s1. The Morgan fingerprint density at radius 1 is 1.39 bits per heavy atom. The number of ether oxygens (including phenoxy) is 1. The molecule has 0 saturated carbocycles. The molecule has 1 fully saturated rings. The molecule has 2 aromatic rings. The maximum absolute atomic E-state index is 12.4. The van der Waals surface area contributed by atoms with Gasteiger partial charge >= 0.3 is 5.63 Å². The molecule has 28 heavy (non-hydrogen) atoms. The molecule has 1 amide bonds. The number of aryl methyl sites for hydroxylation is 1. The predicted molar refractivity (Wildman–Crippen MR) is 106 cm³/mol. The van der Waals surface area contributed by atoms with Crippen molar-refractivity contribution < 1.29 is 22.4 Å². The normalized spacial score (nSPS) is 18.1. The number of sulfone groups is 1. The summed E-state index contributed by atoms with van der Waals surface area (Å²) < 4.78 is 34.0. The highest BCUT2D eigenvalue weighted by molar-refractivity contribution is 7.91. The third-order valence-electron chi connectivity index (χ3n) is 4.68. The van der Waals surface area contributed by atoms with Crippen LogP contribution in [0.4, 0.5) is 0 Å². The molecular weight excluding hydrogens is 382 g/mol. The van der Waals surface area contributed by atoms with Gasteiger partial charge < -0.3 is 14.5 Å². The van der Waals surface area contributed by atoms with Crippen LogP contribution < -0.4 is 15.7 Å². The molecule has 8 heteroatoms. The van der Waals surface area contributed by atoms with Crippen molar-refractivity contribution in [2.45, 2.75) is 32.7 Å². The monoisotopic (exact) mass is 405 g/mol. The van der Waals surface area contributed by atoms with Crippen LogP contribution in [0.1, 0.15) is 24.5 Å². The fourth-order valence-corrected chi connectivity index (χ4v) is 4.90. The smallest absolute Gasteiger partial charge is 0.340 e. The minimum Gasteiger partial charge on any atom is -0.489 e. The summed E-state index contributed by atoms with van der Waals surface area (Å²) in [5, 5.41) is 3.41.